The molecule has 0 spiro atoms. The maximum Gasteiger partial charge on any atom is 0.239 e. The Bertz CT molecular complexity index is 419. The Labute approximate surface area is 110 Å². The molecular weight excluding hydrogens is 250 g/mol. The summed E-state index contributed by atoms with van der Waals surface area (Å²) in [6, 6.07) is 9.12. The van der Waals surface area contributed by atoms with E-state index < -0.39 is 6.04 Å². The summed E-state index contributed by atoms with van der Waals surface area (Å²) in [6.07, 6.45) is 0.499. The molecule has 1 saturated heterocycles. The SMILES string of the molecule is O=C1CSCC(=O)N1[C@H](CO)Cc1ccccc1. The van der Waals surface area contributed by atoms with Crippen LogP contribution in [-0.2, 0) is 16.0 Å². The molecule has 1 aliphatic rings. The number of carbonyl (C=O) groups excluding carboxylic acids is 2. The van der Waals surface area contributed by atoms with Gasteiger partial charge in [0.25, 0.3) is 0 Å². The van der Waals surface area contributed by atoms with Crippen molar-refractivity contribution in [2.75, 3.05) is 18.1 Å². The van der Waals surface area contributed by atoms with Crippen molar-refractivity contribution in [3.05, 3.63) is 35.9 Å². The van der Waals surface area contributed by atoms with Crippen LogP contribution < -0.4 is 0 Å². The normalized spacial score (nSPS) is 17.9. The summed E-state index contributed by atoms with van der Waals surface area (Å²) in [7, 11) is 0. The quantitative estimate of drug-likeness (QED) is 0.814. The molecule has 0 aromatic heterocycles. The molecule has 0 saturated carbocycles. The number of thioether (sulfide) groups is 1. The Hall–Kier alpha value is -1.33. The zero-order chi connectivity index (χ0) is 13.0. The lowest BCUT2D eigenvalue weighted by atomic mass is 10.0. The molecule has 1 N–H and O–H groups in total. The molecular formula is C13H15NO3S. The molecule has 1 heterocycles. The molecule has 2 amide bonds. The van der Waals surface area contributed by atoms with Crippen LogP contribution in [0.25, 0.3) is 0 Å². The summed E-state index contributed by atoms with van der Waals surface area (Å²) in [4.78, 5) is 24.8. The van der Waals surface area contributed by atoms with Gasteiger partial charge in [0.2, 0.25) is 11.8 Å². The highest BCUT2D eigenvalue weighted by Gasteiger charge is 2.32. The van der Waals surface area contributed by atoms with E-state index in [9.17, 15) is 14.7 Å². The third-order valence-corrected chi connectivity index (χ3v) is 3.78. The molecule has 1 aliphatic heterocycles. The lowest BCUT2D eigenvalue weighted by molar-refractivity contribution is -0.146. The molecule has 4 nitrogen and oxygen atoms in total. The molecule has 0 bridgehead atoms. The van der Waals surface area contributed by atoms with Gasteiger partial charge in [0.05, 0.1) is 24.2 Å². The minimum atomic E-state index is -0.451. The van der Waals surface area contributed by atoms with Crippen LogP contribution in [0.1, 0.15) is 5.56 Å². The number of imide groups is 1. The summed E-state index contributed by atoms with van der Waals surface area (Å²) in [5, 5.41) is 9.42. The van der Waals surface area contributed by atoms with Crippen molar-refractivity contribution in [3.8, 4) is 0 Å². The second-order valence-corrected chi connectivity index (χ2v) is 5.16. The first kappa shape index (κ1) is 13.1. The summed E-state index contributed by atoms with van der Waals surface area (Å²) < 4.78 is 0. The minimum absolute atomic E-state index is 0.197. The maximum atomic E-state index is 11.8. The van der Waals surface area contributed by atoms with Gasteiger partial charge in [-0.1, -0.05) is 30.3 Å². The number of carbonyl (C=O) groups is 2. The Morgan fingerprint density at radius 3 is 2.33 bits per heavy atom. The van der Waals surface area contributed by atoms with Gasteiger partial charge in [0.15, 0.2) is 0 Å². The molecule has 18 heavy (non-hydrogen) atoms. The fourth-order valence-corrected chi connectivity index (χ4v) is 2.76. The highest BCUT2D eigenvalue weighted by Crippen LogP contribution is 2.17. The van der Waals surface area contributed by atoms with Crippen LogP contribution in [0.15, 0.2) is 30.3 Å². The Kier molecular flexibility index (Phi) is 4.38. The van der Waals surface area contributed by atoms with Gasteiger partial charge in [-0.25, -0.2) is 0 Å². The van der Waals surface area contributed by atoms with Crippen LogP contribution in [0, 0.1) is 0 Å². The number of aliphatic hydroxyl groups excluding tert-OH is 1. The van der Waals surface area contributed by atoms with Crippen molar-refractivity contribution >= 4 is 23.6 Å². The monoisotopic (exact) mass is 265 g/mol. The van der Waals surface area contributed by atoms with E-state index in [4.69, 9.17) is 0 Å². The number of aliphatic hydroxyl groups is 1. The molecule has 96 valence electrons. The van der Waals surface area contributed by atoms with Crippen molar-refractivity contribution in [1.82, 2.24) is 4.90 Å². The van der Waals surface area contributed by atoms with E-state index in [1.165, 1.54) is 16.7 Å². The van der Waals surface area contributed by atoms with E-state index in [0.717, 1.165) is 5.56 Å². The Balaban J connectivity index is 2.12. The van der Waals surface area contributed by atoms with Gasteiger partial charge in [0.1, 0.15) is 0 Å². The average molecular weight is 265 g/mol. The Morgan fingerprint density at radius 1 is 1.17 bits per heavy atom. The molecule has 1 atom stereocenters. The van der Waals surface area contributed by atoms with Crippen molar-refractivity contribution in [3.63, 3.8) is 0 Å². The van der Waals surface area contributed by atoms with Crippen LogP contribution in [0.5, 0.6) is 0 Å². The van der Waals surface area contributed by atoms with Gasteiger partial charge in [-0.05, 0) is 12.0 Å². The molecule has 0 aliphatic carbocycles. The summed E-state index contributed by atoms with van der Waals surface area (Å²) in [6.45, 7) is -0.197. The number of rotatable bonds is 4. The van der Waals surface area contributed by atoms with Crippen LogP contribution in [0.3, 0.4) is 0 Å². The van der Waals surface area contributed by atoms with Gasteiger partial charge in [-0.15, -0.1) is 11.8 Å². The second kappa shape index (κ2) is 6.02. The van der Waals surface area contributed by atoms with Crippen LogP contribution in [0.4, 0.5) is 0 Å². The van der Waals surface area contributed by atoms with E-state index in [1.54, 1.807) is 0 Å². The van der Waals surface area contributed by atoms with Crippen LogP contribution >= 0.6 is 11.8 Å². The summed E-state index contributed by atoms with van der Waals surface area (Å²) in [5.74, 6) is 0.228. The van der Waals surface area contributed by atoms with Gasteiger partial charge >= 0.3 is 0 Å². The lowest BCUT2D eigenvalue weighted by Gasteiger charge is -2.31. The minimum Gasteiger partial charge on any atom is -0.394 e. The van der Waals surface area contributed by atoms with Gasteiger partial charge in [0, 0.05) is 0 Å². The van der Waals surface area contributed by atoms with Crippen molar-refractivity contribution in [1.29, 1.82) is 0 Å². The van der Waals surface area contributed by atoms with E-state index in [2.05, 4.69) is 0 Å². The molecule has 1 aromatic carbocycles. The van der Waals surface area contributed by atoms with E-state index in [-0.39, 0.29) is 18.4 Å². The highest BCUT2D eigenvalue weighted by molar-refractivity contribution is 8.00. The van der Waals surface area contributed by atoms with Crippen molar-refractivity contribution in [2.45, 2.75) is 12.5 Å². The summed E-state index contributed by atoms with van der Waals surface area (Å²) in [5.41, 5.74) is 1.01. The Morgan fingerprint density at radius 2 is 1.78 bits per heavy atom. The van der Waals surface area contributed by atoms with Gasteiger partial charge in [-0.2, -0.15) is 0 Å². The average Bonchev–Trinajstić information content (AvgIpc) is 2.38. The molecule has 0 radical (unpaired) electrons. The fourth-order valence-electron chi connectivity index (χ4n) is 2.03. The van der Waals surface area contributed by atoms with E-state index in [0.29, 0.717) is 17.9 Å². The van der Waals surface area contributed by atoms with E-state index in [1.807, 2.05) is 30.3 Å². The zero-order valence-electron chi connectivity index (χ0n) is 9.91. The second-order valence-electron chi connectivity index (χ2n) is 4.18. The maximum absolute atomic E-state index is 11.8. The van der Waals surface area contributed by atoms with Crippen LogP contribution in [0.2, 0.25) is 0 Å². The summed E-state index contributed by atoms with van der Waals surface area (Å²) >= 11 is 1.33. The van der Waals surface area contributed by atoms with Gasteiger partial charge in [-0.3, -0.25) is 14.5 Å². The molecule has 5 heteroatoms. The third-order valence-electron chi connectivity index (χ3n) is 2.88. The van der Waals surface area contributed by atoms with Crippen molar-refractivity contribution < 1.29 is 14.7 Å². The first-order valence-corrected chi connectivity index (χ1v) is 6.95. The smallest absolute Gasteiger partial charge is 0.239 e. The zero-order valence-corrected chi connectivity index (χ0v) is 10.7. The first-order chi connectivity index (χ1) is 8.72. The molecule has 1 fully saturated rings. The predicted molar refractivity (Wildman–Crippen MR) is 70.2 cm³/mol. The number of hydrogen-bond donors (Lipinski definition) is 1. The number of hydrogen-bond acceptors (Lipinski definition) is 4. The number of nitrogens with zero attached hydrogens (tertiary/aromatic N) is 1. The molecule has 0 unspecified atom stereocenters. The molecule has 2 rings (SSSR count). The number of benzene rings is 1. The standard InChI is InChI=1S/C13H15NO3S/c15-7-11(6-10-4-2-1-3-5-10)14-12(16)8-18-9-13(14)17/h1-5,11,15H,6-9H2/t11-/m0/s1. The predicted octanol–water partition coefficient (Wildman–Crippen LogP) is 0.692. The fraction of sp³-hybridized carbons (Fsp3) is 0.385. The first-order valence-electron chi connectivity index (χ1n) is 5.80. The number of amides is 2. The highest BCUT2D eigenvalue weighted by atomic mass is 32.2. The van der Waals surface area contributed by atoms with Crippen molar-refractivity contribution in [2.24, 2.45) is 0 Å². The topological polar surface area (TPSA) is 57.6 Å². The largest absolute Gasteiger partial charge is 0.394 e. The van der Waals surface area contributed by atoms with E-state index >= 15 is 0 Å². The van der Waals surface area contributed by atoms with Gasteiger partial charge < -0.3 is 5.11 Å². The molecule has 1 aromatic rings. The lowest BCUT2D eigenvalue weighted by Crippen LogP contribution is -2.51. The van der Waals surface area contributed by atoms with Crippen LogP contribution in [-0.4, -0.2) is 46.0 Å². The third kappa shape index (κ3) is 2.91.